The summed E-state index contributed by atoms with van der Waals surface area (Å²) in [6.07, 6.45) is 9.09. The van der Waals surface area contributed by atoms with E-state index in [0.29, 0.717) is 12.4 Å². The number of aromatic nitrogens is 5. The molecule has 0 aliphatic heterocycles. The lowest BCUT2D eigenvalue weighted by Crippen LogP contribution is -2.32. The molecule has 1 amide bonds. The van der Waals surface area contributed by atoms with Crippen LogP contribution in [0, 0.1) is 0 Å². The molecular weight excluding hydrogens is 280 g/mol. The Balaban J connectivity index is 1.96. The van der Waals surface area contributed by atoms with Gasteiger partial charge in [0.1, 0.15) is 5.69 Å². The van der Waals surface area contributed by atoms with Gasteiger partial charge in [-0.15, -0.1) is 5.10 Å². The van der Waals surface area contributed by atoms with Crippen LogP contribution in [0.15, 0.2) is 24.7 Å². The molecule has 7 nitrogen and oxygen atoms in total. The Morgan fingerprint density at radius 3 is 2.86 bits per heavy atom. The second-order valence-corrected chi connectivity index (χ2v) is 5.43. The van der Waals surface area contributed by atoms with Gasteiger partial charge in [-0.3, -0.25) is 4.79 Å². The van der Waals surface area contributed by atoms with E-state index in [1.54, 1.807) is 10.9 Å². The van der Waals surface area contributed by atoms with Gasteiger partial charge in [-0.05, 0) is 33.8 Å². The molecule has 0 aromatic carbocycles. The molecule has 0 radical (unpaired) electrons. The minimum Gasteiger partial charge on any atom is -0.347 e. The maximum absolute atomic E-state index is 12.2. The molecule has 2 rings (SSSR count). The third-order valence-corrected chi connectivity index (χ3v) is 3.30. The molecule has 0 bridgehead atoms. The number of hydrogen-bond acceptors (Lipinski definition) is 4. The molecule has 0 aliphatic rings. The molecule has 7 heteroatoms. The summed E-state index contributed by atoms with van der Waals surface area (Å²) < 4.78 is 3.59. The first kappa shape index (κ1) is 15.9. The van der Waals surface area contributed by atoms with Crippen molar-refractivity contribution < 1.29 is 4.79 Å². The molecule has 0 aliphatic carbocycles. The number of carbonyl (C=O) groups excluding carboxylic acids is 1. The molecule has 0 fully saturated rings. The molecule has 0 saturated carbocycles. The minimum atomic E-state index is -0.181. The number of amides is 1. The maximum atomic E-state index is 12.2. The van der Waals surface area contributed by atoms with Gasteiger partial charge in [0, 0.05) is 25.0 Å². The Hall–Kier alpha value is -2.44. The van der Waals surface area contributed by atoms with Crippen molar-refractivity contribution in [3.8, 4) is 0 Å². The van der Waals surface area contributed by atoms with Crippen molar-refractivity contribution in [1.82, 2.24) is 29.9 Å². The highest BCUT2D eigenvalue weighted by atomic mass is 16.2. The summed E-state index contributed by atoms with van der Waals surface area (Å²) in [5.41, 5.74) is 0.802. The molecule has 0 saturated heterocycles. The first-order valence-electron chi connectivity index (χ1n) is 7.38. The second-order valence-electron chi connectivity index (χ2n) is 5.43. The van der Waals surface area contributed by atoms with Crippen molar-refractivity contribution in [1.29, 1.82) is 0 Å². The van der Waals surface area contributed by atoms with Crippen LogP contribution in [0.4, 0.5) is 0 Å². The summed E-state index contributed by atoms with van der Waals surface area (Å²) in [5, 5.41) is 11.0. The third-order valence-electron chi connectivity index (χ3n) is 3.30. The predicted molar refractivity (Wildman–Crippen MR) is 84.4 cm³/mol. The van der Waals surface area contributed by atoms with E-state index in [1.807, 2.05) is 56.8 Å². The van der Waals surface area contributed by atoms with Crippen LogP contribution >= 0.6 is 0 Å². The topological polar surface area (TPSA) is 77.6 Å². The van der Waals surface area contributed by atoms with Gasteiger partial charge in [-0.2, -0.15) is 0 Å². The van der Waals surface area contributed by atoms with E-state index < -0.39 is 0 Å². The van der Waals surface area contributed by atoms with E-state index in [-0.39, 0.29) is 18.0 Å². The largest absolute Gasteiger partial charge is 0.347 e. The van der Waals surface area contributed by atoms with Crippen molar-refractivity contribution in [2.24, 2.45) is 0 Å². The van der Waals surface area contributed by atoms with E-state index in [4.69, 9.17) is 0 Å². The van der Waals surface area contributed by atoms with Crippen molar-refractivity contribution in [2.75, 3.05) is 6.54 Å². The van der Waals surface area contributed by atoms with Gasteiger partial charge >= 0.3 is 0 Å². The van der Waals surface area contributed by atoms with Gasteiger partial charge in [0.05, 0.1) is 12.2 Å². The van der Waals surface area contributed by atoms with Gasteiger partial charge in [-0.25, -0.2) is 9.67 Å². The first-order chi connectivity index (χ1) is 10.5. The monoisotopic (exact) mass is 302 g/mol. The lowest BCUT2D eigenvalue weighted by molar-refractivity contribution is 0.0931. The lowest BCUT2D eigenvalue weighted by Gasteiger charge is -2.14. The Morgan fingerprint density at radius 1 is 1.41 bits per heavy atom. The zero-order valence-electron chi connectivity index (χ0n) is 13.4. The molecule has 0 spiro atoms. The van der Waals surface area contributed by atoms with E-state index in [1.165, 1.54) is 0 Å². The quantitative estimate of drug-likeness (QED) is 0.886. The van der Waals surface area contributed by atoms with E-state index in [9.17, 15) is 4.79 Å². The highest BCUT2D eigenvalue weighted by molar-refractivity contribution is 5.90. The average Bonchev–Trinajstić information content (AvgIpc) is 3.13. The smallest absolute Gasteiger partial charge is 0.287 e. The fourth-order valence-corrected chi connectivity index (χ4v) is 2.07. The van der Waals surface area contributed by atoms with E-state index in [0.717, 1.165) is 5.69 Å². The summed E-state index contributed by atoms with van der Waals surface area (Å²) in [7, 11) is 0. The van der Waals surface area contributed by atoms with Gasteiger partial charge in [0.15, 0.2) is 5.82 Å². The fraction of sp³-hybridized carbons (Fsp3) is 0.467. The van der Waals surface area contributed by atoms with E-state index in [2.05, 4.69) is 20.6 Å². The number of allylic oxidation sites excluding steroid dienone is 1. The van der Waals surface area contributed by atoms with E-state index >= 15 is 0 Å². The van der Waals surface area contributed by atoms with Gasteiger partial charge in [-0.1, -0.05) is 11.3 Å². The molecule has 2 aromatic heterocycles. The molecule has 1 N–H and O–H groups in total. The standard InChI is InChI=1S/C15H22N6O/c1-5-6-13-10-21(19-18-13)12(4)9-17-15(22)14-16-7-8-20(14)11(2)3/h5-8,10-12H,9H2,1-4H3,(H,17,22)/b6-5+. The van der Waals surface area contributed by atoms with Gasteiger partial charge in [0.25, 0.3) is 5.91 Å². The summed E-state index contributed by atoms with van der Waals surface area (Å²) >= 11 is 0. The molecule has 1 atom stereocenters. The van der Waals surface area contributed by atoms with Crippen molar-refractivity contribution in [2.45, 2.75) is 39.8 Å². The van der Waals surface area contributed by atoms with Crippen molar-refractivity contribution in [3.63, 3.8) is 0 Å². The maximum Gasteiger partial charge on any atom is 0.287 e. The van der Waals surface area contributed by atoms with Gasteiger partial charge < -0.3 is 9.88 Å². The van der Waals surface area contributed by atoms with Crippen molar-refractivity contribution in [3.05, 3.63) is 36.2 Å². The zero-order valence-corrected chi connectivity index (χ0v) is 13.4. The second kappa shape index (κ2) is 7.02. The van der Waals surface area contributed by atoms with Crippen LogP contribution in [0.3, 0.4) is 0 Å². The number of hydrogen-bond donors (Lipinski definition) is 1. The van der Waals surface area contributed by atoms with Crippen LogP contribution in [0.2, 0.25) is 0 Å². The van der Waals surface area contributed by atoms with Crippen LogP contribution in [0.1, 0.15) is 56.1 Å². The normalized spacial score (nSPS) is 13.0. The van der Waals surface area contributed by atoms with Crippen molar-refractivity contribution >= 4 is 12.0 Å². The summed E-state index contributed by atoms with van der Waals surface area (Å²) in [6, 6.07) is 0.206. The van der Waals surface area contributed by atoms with Crippen LogP contribution in [0.5, 0.6) is 0 Å². The van der Waals surface area contributed by atoms with Crippen LogP contribution in [0.25, 0.3) is 6.08 Å². The molecule has 2 heterocycles. The molecular formula is C15H22N6O. The van der Waals surface area contributed by atoms with Crippen LogP contribution < -0.4 is 5.32 Å². The average molecular weight is 302 g/mol. The zero-order chi connectivity index (χ0) is 16.1. The lowest BCUT2D eigenvalue weighted by atomic mass is 10.3. The molecule has 118 valence electrons. The summed E-state index contributed by atoms with van der Waals surface area (Å²) in [4.78, 5) is 16.3. The number of rotatable bonds is 6. The third kappa shape index (κ3) is 3.60. The fourth-order valence-electron chi connectivity index (χ4n) is 2.07. The Bertz CT molecular complexity index is 655. The first-order valence-corrected chi connectivity index (χ1v) is 7.38. The molecule has 22 heavy (non-hydrogen) atoms. The molecule has 2 aromatic rings. The highest BCUT2D eigenvalue weighted by Crippen LogP contribution is 2.09. The van der Waals surface area contributed by atoms with Gasteiger partial charge in [0.2, 0.25) is 0 Å². The number of imidazole rings is 1. The summed E-state index contributed by atoms with van der Waals surface area (Å²) in [6.45, 7) is 8.39. The summed E-state index contributed by atoms with van der Waals surface area (Å²) in [5.74, 6) is 0.245. The highest BCUT2D eigenvalue weighted by Gasteiger charge is 2.16. The van der Waals surface area contributed by atoms with Crippen LogP contribution in [-0.4, -0.2) is 37.0 Å². The molecule has 1 unspecified atom stereocenters. The van der Waals surface area contributed by atoms with Crippen LogP contribution in [-0.2, 0) is 0 Å². The number of nitrogens with one attached hydrogen (secondary N) is 1. The Labute approximate surface area is 130 Å². The minimum absolute atomic E-state index is 0.0120. The predicted octanol–water partition coefficient (Wildman–Crippen LogP) is 2.08. The number of nitrogens with zero attached hydrogens (tertiary/aromatic N) is 5. The Kier molecular flexibility index (Phi) is 5.08. The number of carbonyl (C=O) groups is 1. The Morgan fingerprint density at radius 2 is 2.18 bits per heavy atom. The SMILES string of the molecule is C/C=C/c1cn(C(C)CNC(=O)c2nccn2C(C)C)nn1.